The van der Waals surface area contributed by atoms with E-state index >= 15 is 0 Å². The Labute approximate surface area is 157 Å². The lowest BCUT2D eigenvalue weighted by Gasteiger charge is -2.16. The van der Waals surface area contributed by atoms with Crippen molar-refractivity contribution in [2.24, 2.45) is 0 Å². The van der Waals surface area contributed by atoms with Gasteiger partial charge in [0.25, 0.3) is 0 Å². The molecule has 1 aliphatic carbocycles. The zero-order chi connectivity index (χ0) is 18.3. The summed E-state index contributed by atoms with van der Waals surface area (Å²) in [5, 5.41) is 0. The molecule has 1 heterocycles. The maximum atomic E-state index is 2.40. The first-order valence-corrected chi connectivity index (χ1v) is 9.86. The third kappa shape index (κ3) is 2.88. The van der Waals surface area contributed by atoms with Crippen LogP contribution >= 0.6 is 0 Å². The van der Waals surface area contributed by atoms with Crippen LogP contribution in [0.25, 0.3) is 5.69 Å². The first-order chi connectivity index (χ1) is 12.6. The second kappa shape index (κ2) is 6.75. The van der Waals surface area contributed by atoms with Crippen LogP contribution in [0.4, 0.5) is 0 Å². The van der Waals surface area contributed by atoms with Crippen molar-refractivity contribution in [3.63, 3.8) is 0 Å². The molecular weight excluding hydrogens is 316 g/mol. The molecular formula is C24H29N2+. The summed E-state index contributed by atoms with van der Waals surface area (Å²) in [5.74, 6) is 1.01. The summed E-state index contributed by atoms with van der Waals surface area (Å²) in [4.78, 5) is 0. The molecule has 0 fully saturated rings. The molecule has 2 nitrogen and oxygen atoms in total. The fourth-order valence-corrected chi connectivity index (χ4v) is 4.34. The highest BCUT2D eigenvalue weighted by Gasteiger charge is 2.28. The lowest BCUT2D eigenvalue weighted by molar-refractivity contribution is -0.712. The van der Waals surface area contributed by atoms with Crippen LogP contribution in [0.5, 0.6) is 0 Å². The molecule has 3 aromatic rings. The maximum Gasteiger partial charge on any atom is 0.249 e. The van der Waals surface area contributed by atoms with Gasteiger partial charge in [0.15, 0.2) is 0 Å². The number of para-hydroxylation sites is 1. The van der Waals surface area contributed by atoms with Crippen molar-refractivity contribution >= 4 is 0 Å². The second-order valence-corrected chi connectivity index (χ2v) is 8.12. The van der Waals surface area contributed by atoms with E-state index in [4.69, 9.17) is 0 Å². The third-order valence-electron chi connectivity index (χ3n) is 5.72. The van der Waals surface area contributed by atoms with Crippen LogP contribution in [-0.4, -0.2) is 4.57 Å². The topological polar surface area (TPSA) is 8.81 Å². The fraction of sp³-hybridized carbons (Fsp3) is 0.375. The minimum Gasteiger partial charge on any atom is -0.230 e. The monoisotopic (exact) mass is 345 g/mol. The molecule has 2 heteroatoms. The minimum atomic E-state index is 0.459. The highest BCUT2D eigenvalue weighted by molar-refractivity contribution is 5.51. The Morgan fingerprint density at radius 2 is 1.62 bits per heavy atom. The van der Waals surface area contributed by atoms with Crippen molar-refractivity contribution in [3.05, 3.63) is 83.4 Å². The van der Waals surface area contributed by atoms with Gasteiger partial charge in [-0.15, -0.1) is 0 Å². The van der Waals surface area contributed by atoms with Crippen molar-refractivity contribution in [1.29, 1.82) is 0 Å². The van der Waals surface area contributed by atoms with E-state index in [1.54, 1.807) is 0 Å². The molecule has 0 saturated carbocycles. The van der Waals surface area contributed by atoms with Crippen molar-refractivity contribution in [3.8, 4) is 5.69 Å². The first kappa shape index (κ1) is 17.1. The molecule has 0 spiro atoms. The van der Waals surface area contributed by atoms with E-state index in [1.165, 1.54) is 40.8 Å². The van der Waals surface area contributed by atoms with Crippen molar-refractivity contribution in [1.82, 2.24) is 4.57 Å². The van der Waals surface area contributed by atoms with Gasteiger partial charge in [-0.05, 0) is 35.8 Å². The van der Waals surface area contributed by atoms with Crippen molar-refractivity contribution in [2.75, 3.05) is 0 Å². The van der Waals surface area contributed by atoms with E-state index < -0.39 is 0 Å². The molecule has 0 aliphatic heterocycles. The maximum absolute atomic E-state index is 2.40. The summed E-state index contributed by atoms with van der Waals surface area (Å²) in [6, 6.07) is 16.1. The van der Waals surface area contributed by atoms with Gasteiger partial charge in [0.2, 0.25) is 6.33 Å². The highest BCUT2D eigenvalue weighted by atomic mass is 15.1. The van der Waals surface area contributed by atoms with Gasteiger partial charge in [0.05, 0.1) is 0 Å². The lowest BCUT2D eigenvalue weighted by Crippen LogP contribution is -2.36. The zero-order valence-corrected chi connectivity index (χ0v) is 16.3. The Morgan fingerprint density at radius 3 is 2.31 bits per heavy atom. The van der Waals surface area contributed by atoms with Crippen LogP contribution in [0.3, 0.4) is 0 Å². The van der Waals surface area contributed by atoms with E-state index in [0.717, 1.165) is 0 Å². The molecule has 0 saturated heterocycles. The molecule has 0 radical (unpaired) electrons. The Morgan fingerprint density at radius 1 is 0.923 bits per heavy atom. The van der Waals surface area contributed by atoms with Crippen molar-refractivity contribution in [2.45, 2.75) is 58.4 Å². The van der Waals surface area contributed by atoms with Gasteiger partial charge in [-0.1, -0.05) is 70.2 Å². The van der Waals surface area contributed by atoms with E-state index in [-0.39, 0.29) is 0 Å². The Balaban J connectivity index is 1.78. The molecule has 134 valence electrons. The molecule has 0 N–H and O–H groups in total. The molecule has 26 heavy (non-hydrogen) atoms. The van der Waals surface area contributed by atoms with Gasteiger partial charge in [0, 0.05) is 11.1 Å². The summed E-state index contributed by atoms with van der Waals surface area (Å²) in [6.07, 6.45) is 9.14. The van der Waals surface area contributed by atoms with E-state index in [9.17, 15) is 0 Å². The van der Waals surface area contributed by atoms with Gasteiger partial charge >= 0.3 is 0 Å². The predicted molar refractivity (Wildman–Crippen MR) is 107 cm³/mol. The predicted octanol–water partition coefficient (Wildman–Crippen LogP) is 5.55. The first-order valence-electron chi connectivity index (χ1n) is 9.86. The molecule has 4 rings (SSSR count). The number of aromatic nitrogens is 2. The molecule has 1 atom stereocenters. The second-order valence-electron chi connectivity index (χ2n) is 8.12. The average molecular weight is 346 g/mol. The van der Waals surface area contributed by atoms with Gasteiger partial charge in [-0.2, -0.15) is 0 Å². The van der Waals surface area contributed by atoms with Gasteiger partial charge in [0.1, 0.15) is 24.1 Å². The largest absolute Gasteiger partial charge is 0.249 e. The summed E-state index contributed by atoms with van der Waals surface area (Å²) >= 11 is 0. The molecule has 2 aromatic carbocycles. The van der Waals surface area contributed by atoms with Crippen LogP contribution < -0.4 is 4.57 Å². The summed E-state index contributed by atoms with van der Waals surface area (Å²) < 4.78 is 4.73. The van der Waals surface area contributed by atoms with Crippen LogP contribution in [0.15, 0.2) is 61.2 Å². The van der Waals surface area contributed by atoms with Gasteiger partial charge in [-0.3, -0.25) is 0 Å². The number of aryl methyl sites for hydroxylation is 1. The Kier molecular flexibility index (Phi) is 4.44. The lowest BCUT2D eigenvalue weighted by atomic mass is 9.92. The molecule has 0 unspecified atom stereocenters. The smallest absolute Gasteiger partial charge is 0.230 e. The molecule has 1 aliphatic rings. The number of imidazole rings is 1. The minimum absolute atomic E-state index is 0.459. The number of fused-ring (bicyclic) bond motifs is 1. The molecule has 0 bridgehead atoms. The number of hydrogen-bond acceptors (Lipinski definition) is 0. The van der Waals surface area contributed by atoms with Crippen LogP contribution in [0.2, 0.25) is 0 Å². The fourth-order valence-electron chi connectivity index (χ4n) is 4.34. The SMILES string of the molecule is CC(C)c1cccc(C(C)C)c1-n1cc[n+]([C@@H]2CCc3ccccc32)c1. The number of benzene rings is 2. The highest BCUT2D eigenvalue weighted by Crippen LogP contribution is 2.32. The van der Waals surface area contributed by atoms with E-state index in [2.05, 4.69) is 98.0 Å². The van der Waals surface area contributed by atoms with Crippen LogP contribution in [0.1, 0.15) is 74.2 Å². The molecule has 0 amide bonds. The van der Waals surface area contributed by atoms with E-state index in [1.807, 2.05) is 0 Å². The van der Waals surface area contributed by atoms with Crippen LogP contribution in [-0.2, 0) is 6.42 Å². The Hall–Kier alpha value is -2.35. The summed E-state index contributed by atoms with van der Waals surface area (Å²) in [7, 11) is 0. The van der Waals surface area contributed by atoms with Gasteiger partial charge in [-0.25, -0.2) is 9.13 Å². The quantitative estimate of drug-likeness (QED) is 0.548. The summed E-state index contributed by atoms with van der Waals surface area (Å²) in [5.41, 5.74) is 7.19. The van der Waals surface area contributed by atoms with Crippen LogP contribution in [0, 0.1) is 0 Å². The molecule has 1 aromatic heterocycles. The third-order valence-corrected chi connectivity index (χ3v) is 5.72. The standard InChI is InChI=1S/C24H29N2/c1-17(2)20-10-7-11-21(18(3)4)24(20)26-15-14-25(16-26)23-13-12-19-8-5-6-9-22(19)23/h5-11,14-18,23H,12-13H2,1-4H3/q+1/t23-/m1/s1. The van der Waals surface area contributed by atoms with Gasteiger partial charge < -0.3 is 0 Å². The average Bonchev–Trinajstić information content (AvgIpc) is 3.27. The van der Waals surface area contributed by atoms with Crippen molar-refractivity contribution < 1.29 is 4.57 Å². The normalized spacial score (nSPS) is 16.5. The number of hydrogen-bond donors (Lipinski definition) is 0. The zero-order valence-electron chi connectivity index (χ0n) is 16.3. The number of rotatable bonds is 4. The number of nitrogens with zero attached hydrogens (tertiary/aromatic N) is 2. The summed E-state index contributed by atoms with van der Waals surface area (Å²) in [6.45, 7) is 9.14. The Bertz CT molecular complexity index is 891. The van der Waals surface area contributed by atoms with E-state index in [0.29, 0.717) is 17.9 Å².